The normalized spacial score (nSPS) is 16.7. The maximum absolute atomic E-state index is 12.4. The molecule has 3 heterocycles. The van der Waals surface area contributed by atoms with Crippen LogP contribution in [0.1, 0.15) is 104 Å². The summed E-state index contributed by atoms with van der Waals surface area (Å²) in [6.07, 6.45) is 11.8. The zero-order valence-corrected chi connectivity index (χ0v) is 39.1. The Labute approximate surface area is 403 Å². The van der Waals surface area contributed by atoms with Crippen molar-refractivity contribution in [2.75, 3.05) is 51.2 Å². The standard InChI is InChI=1S/2C20H22N2O3.C14H18N2O3/c23-20(24)18-8-4-16(5-9-18)14-22(25)15-17-6-10-19(11-7-17)21-12-2-1-3-13-21;23-20(24)18-8-6-17(7-9-18)15-22(25)19-10-12-21(13-11-19)14-16-4-2-1-3-5-16;1-15-8-6-13(7-9-15)16(19)10-11-2-4-12(5-3-11)14(17)18/h4-11,14H,1-3,12-13,15H2,(H,23,24);1-9,15,19H,10-14H2,(H,23,24);2-5,10,13H,6-9H2,1H3,(H,17,18)/b22-14-;22-15-;16-10-. The van der Waals surface area contributed by atoms with Crippen molar-refractivity contribution in [2.24, 2.45) is 0 Å². The smallest absolute Gasteiger partial charge is 0.335 e. The van der Waals surface area contributed by atoms with Gasteiger partial charge in [-0.2, -0.15) is 0 Å². The first-order valence-corrected chi connectivity index (χ1v) is 23.5. The first-order valence-electron chi connectivity index (χ1n) is 23.5. The van der Waals surface area contributed by atoms with Gasteiger partial charge >= 0.3 is 17.9 Å². The van der Waals surface area contributed by atoms with E-state index in [0.29, 0.717) is 5.56 Å². The molecule has 0 atom stereocenters. The number of carbonyl (C=O) groups is 3. The fraction of sp³-hybridized carbons (Fsp3) is 0.333. The van der Waals surface area contributed by atoms with Gasteiger partial charge in [0.05, 0.1) is 16.7 Å². The fourth-order valence-electron chi connectivity index (χ4n) is 8.42. The molecule has 0 bridgehead atoms. The van der Waals surface area contributed by atoms with Crippen molar-refractivity contribution in [2.45, 2.75) is 70.1 Å². The van der Waals surface area contributed by atoms with Crippen molar-refractivity contribution in [3.05, 3.63) is 188 Å². The first-order chi connectivity index (χ1) is 33.3. The number of aromatic carboxylic acids is 3. The summed E-state index contributed by atoms with van der Waals surface area (Å²) in [5, 5.41) is 63.1. The summed E-state index contributed by atoms with van der Waals surface area (Å²) in [6.45, 7) is 7.09. The van der Waals surface area contributed by atoms with E-state index >= 15 is 0 Å². The molecule has 362 valence electrons. The highest BCUT2D eigenvalue weighted by Gasteiger charge is 2.25. The van der Waals surface area contributed by atoms with E-state index in [2.05, 4.69) is 46.0 Å². The van der Waals surface area contributed by atoms with Crippen molar-refractivity contribution in [3.63, 3.8) is 0 Å². The molecule has 0 aromatic heterocycles. The van der Waals surface area contributed by atoms with Gasteiger partial charge in [-0.1, -0.05) is 42.5 Å². The molecule has 0 unspecified atom stereocenters. The Balaban J connectivity index is 0.000000172. The Bertz CT molecular complexity index is 2510. The third kappa shape index (κ3) is 16.4. The second kappa shape index (κ2) is 25.7. The van der Waals surface area contributed by atoms with Crippen molar-refractivity contribution in [1.29, 1.82) is 0 Å². The molecule has 69 heavy (non-hydrogen) atoms. The number of benzene rings is 5. The molecule has 0 aliphatic carbocycles. The summed E-state index contributed by atoms with van der Waals surface area (Å²) in [6, 6.07) is 37.5. The minimum Gasteiger partial charge on any atom is -0.624 e. The highest BCUT2D eigenvalue weighted by atomic mass is 16.5. The quantitative estimate of drug-likeness (QED) is 0.0447. The van der Waals surface area contributed by atoms with Gasteiger partial charge in [0.15, 0.2) is 37.3 Å². The van der Waals surface area contributed by atoms with Crippen LogP contribution in [-0.4, -0.2) is 134 Å². The third-order valence-electron chi connectivity index (χ3n) is 12.5. The van der Waals surface area contributed by atoms with Crippen LogP contribution >= 0.6 is 0 Å². The van der Waals surface area contributed by atoms with Crippen LogP contribution in [0.25, 0.3) is 0 Å². The van der Waals surface area contributed by atoms with Gasteiger partial charge in [0.25, 0.3) is 0 Å². The molecule has 3 N–H and O–H groups in total. The van der Waals surface area contributed by atoms with E-state index in [0.717, 1.165) is 102 Å². The van der Waals surface area contributed by atoms with Crippen LogP contribution in [0.4, 0.5) is 5.69 Å². The summed E-state index contributed by atoms with van der Waals surface area (Å²) < 4.78 is 2.89. The van der Waals surface area contributed by atoms with Gasteiger partial charge in [0.2, 0.25) is 0 Å². The number of rotatable bonds is 13. The molecule has 3 saturated heterocycles. The van der Waals surface area contributed by atoms with Crippen LogP contribution in [0.3, 0.4) is 0 Å². The zero-order valence-electron chi connectivity index (χ0n) is 39.1. The lowest BCUT2D eigenvalue weighted by molar-refractivity contribution is -0.501. The number of carboxylic acids is 3. The average Bonchev–Trinajstić information content (AvgIpc) is 3.36. The molecule has 0 amide bonds. The Kier molecular flexibility index (Phi) is 19.0. The molecule has 5 aromatic rings. The molecule has 15 nitrogen and oxygen atoms in total. The summed E-state index contributed by atoms with van der Waals surface area (Å²) in [4.78, 5) is 39.4. The maximum Gasteiger partial charge on any atom is 0.335 e. The SMILES string of the molecule is CN1CCC(/[N+]([O-])=C/c2ccc(C(=O)O)cc2)CC1.O=C(O)c1ccc(/C=[N+](\[O-])C2CCN(Cc3ccccc3)CC2)cc1.O=C(O)c1ccc(/C=[N+](\[O-])Cc2ccc(N3CCCCC3)cc2)cc1. The van der Waals surface area contributed by atoms with Gasteiger partial charge in [0.1, 0.15) is 0 Å². The van der Waals surface area contributed by atoms with E-state index in [9.17, 15) is 30.0 Å². The first kappa shape index (κ1) is 51.0. The van der Waals surface area contributed by atoms with Gasteiger partial charge in [-0.3, -0.25) is 4.90 Å². The molecule has 3 fully saturated rings. The molecule has 5 aromatic carbocycles. The number of hydroxylamine groups is 3. The van der Waals surface area contributed by atoms with Crippen LogP contribution in [0.15, 0.2) is 127 Å². The van der Waals surface area contributed by atoms with Crippen molar-refractivity contribution in [3.8, 4) is 0 Å². The average molecular weight is 939 g/mol. The molecule has 3 aliphatic heterocycles. The Hall–Kier alpha value is -7.36. The number of anilines is 1. The predicted octanol–water partition coefficient (Wildman–Crippen LogP) is 7.89. The fourth-order valence-corrected chi connectivity index (χ4v) is 8.42. The van der Waals surface area contributed by atoms with E-state index in [1.807, 2.05) is 30.3 Å². The molecule has 0 saturated carbocycles. The van der Waals surface area contributed by atoms with Crippen LogP contribution in [0.2, 0.25) is 0 Å². The van der Waals surface area contributed by atoms with E-state index in [1.54, 1.807) is 48.8 Å². The zero-order chi connectivity index (χ0) is 49.1. The van der Waals surface area contributed by atoms with Crippen molar-refractivity contribution >= 4 is 42.2 Å². The lowest BCUT2D eigenvalue weighted by atomic mass is 10.0. The number of piperidine rings is 3. The van der Waals surface area contributed by atoms with Gasteiger partial charge in [0, 0.05) is 99.4 Å². The van der Waals surface area contributed by atoms with Gasteiger partial charge in [-0.05, 0) is 117 Å². The van der Waals surface area contributed by atoms with Gasteiger partial charge in [-0.25, -0.2) is 28.6 Å². The van der Waals surface area contributed by atoms with E-state index < -0.39 is 17.9 Å². The van der Waals surface area contributed by atoms with Crippen molar-refractivity contribution in [1.82, 2.24) is 9.80 Å². The number of carboxylic acid groups (broad SMARTS) is 3. The molecule has 3 aliphatic rings. The van der Waals surface area contributed by atoms with Crippen LogP contribution in [0.5, 0.6) is 0 Å². The Morgan fingerprint density at radius 3 is 1.38 bits per heavy atom. The van der Waals surface area contributed by atoms with E-state index in [1.165, 1.54) is 73.1 Å². The predicted molar refractivity (Wildman–Crippen MR) is 268 cm³/mol. The Morgan fingerprint density at radius 2 is 0.942 bits per heavy atom. The van der Waals surface area contributed by atoms with E-state index in [-0.39, 0.29) is 35.3 Å². The highest BCUT2D eigenvalue weighted by Crippen LogP contribution is 2.21. The Morgan fingerprint density at radius 1 is 0.522 bits per heavy atom. The second-order valence-corrected chi connectivity index (χ2v) is 17.7. The largest absolute Gasteiger partial charge is 0.624 e. The number of hydrogen-bond acceptors (Lipinski definition) is 9. The number of nitrogens with zero attached hydrogens (tertiary/aromatic N) is 6. The van der Waals surface area contributed by atoms with Crippen LogP contribution in [-0.2, 0) is 13.1 Å². The summed E-state index contributed by atoms with van der Waals surface area (Å²) in [5.41, 5.74) is 6.28. The topological polar surface area (TPSA) is 200 Å². The third-order valence-corrected chi connectivity index (χ3v) is 12.5. The van der Waals surface area contributed by atoms with Crippen LogP contribution < -0.4 is 4.90 Å². The maximum atomic E-state index is 12.4. The van der Waals surface area contributed by atoms with E-state index in [4.69, 9.17) is 15.3 Å². The molecule has 0 radical (unpaired) electrons. The minimum atomic E-state index is -0.973. The summed E-state index contributed by atoms with van der Waals surface area (Å²) in [7, 11) is 2.06. The van der Waals surface area contributed by atoms with Gasteiger partial charge < -0.3 is 40.7 Å². The van der Waals surface area contributed by atoms with Crippen LogP contribution in [0, 0.1) is 15.6 Å². The summed E-state index contributed by atoms with van der Waals surface area (Å²) >= 11 is 0. The molecular formula is C54H62N6O9. The lowest BCUT2D eigenvalue weighted by Gasteiger charge is -2.30. The molecule has 15 heteroatoms. The molecular weight excluding hydrogens is 877 g/mol. The number of hydrogen-bond donors (Lipinski definition) is 3. The lowest BCUT2D eigenvalue weighted by Crippen LogP contribution is -2.39. The second-order valence-electron chi connectivity index (χ2n) is 17.7. The number of likely N-dealkylation sites (tertiary alicyclic amines) is 2. The molecule has 8 rings (SSSR count). The summed E-state index contributed by atoms with van der Waals surface area (Å²) in [5.74, 6) is -2.89. The highest BCUT2D eigenvalue weighted by molar-refractivity contribution is 5.90. The monoisotopic (exact) mass is 938 g/mol. The molecule has 0 spiro atoms. The minimum absolute atomic E-state index is 0.0221. The van der Waals surface area contributed by atoms with Crippen molar-refractivity contribution < 1.29 is 43.9 Å². The van der Waals surface area contributed by atoms with Gasteiger partial charge in [-0.15, -0.1) is 0 Å².